The molecule has 0 aliphatic carbocycles. The first kappa shape index (κ1) is 16.7. The Balaban J connectivity index is 1.66. The number of benzene rings is 1. The highest BCUT2D eigenvalue weighted by Crippen LogP contribution is 2.29. The summed E-state index contributed by atoms with van der Waals surface area (Å²) < 4.78 is 28.6. The fraction of sp³-hybridized carbons (Fsp3) is 0.667. The zero-order valence-electron chi connectivity index (χ0n) is 14.1. The van der Waals surface area contributed by atoms with Crippen LogP contribution in [0.4, 0.5) is 14.5 Å². The largest absolute Gasteiger partial charge is 0.367 e. The van der Waals surface area contributed by atoms with Crippen LogP contribution in [-0.4, -0.2) is 50.2 Å². The molecule has 0 unspecified atom stereocenters. The minimum atomic E-state index is -0.688. The second kappa shape index (κ2) is 7.14. The Kier molecular flexibility index (Phi) is 5.17. The maximum Gasteiger partial charge on any atom is 0.182 e. The van der Waals surface area contributed by atoms with Crippen LogP contribution in [0.1, 0.15) is 38.2 Å². The first-order valence-corrected chi connectivity index (χ1v) is 8.75. The molecule has 1 aromatic rings. The molecule has 0 bridgehead atoms. The van der Waals surface area contributed by atoms with Crippen molar-refractivity contribution in [1.82, 2.24) is 10.2 Å². The predicted octanol–water partition coefficient (Wildman–Crippen LogP) is 2.96. The van der Waals surface area contributed by atoms with Crippen molar-refractivity contribution in [1.29, 1.82) is 0 Å². The predicted molar refractivity (Wildman–Crippen MR) is 90.1 cm³/mol. The van der Waals surface area contributed by atoms with Gasteiger partial charge >= 0.3 is 0 Å². The first-order valence-electron chi connectivity index (χ1n) is 8.75. The SMILES string of the molecule is CC(C)c1ccc(N2CCN(C3CCNCC3)CC2)c(F)c1F. The summed E-state index contributed by atoms with van der Waals surface area (Å²) in [6.07, 6.45) is 2.37. The first-order chi connectivity index (χ1) is 11.1. The van der Waals surface area contributed by atoms with E-state index >= 15 is 0 Å². The normalized spacial score (nSPS) is 21.2. The standard InChI is InChI=1S/C18H27F2N3/c1-13(2)15-3-4-16(18(20)17(15)19)23-11-9-22(10-12-23)14-5-7-21-8-6-14/h3-4,13-14,21H,5-12H2,1-2H3. The molecule has 3 nitrogen and oxygen atoms in total. The molecule has 23 heavy (non-hydrogen) atoms. The number of anilines is 1. The number of hydrogen-bond donors (Lipinski definition) is 1. The van der Waals surface area contributed by atoms with E-state index in [-0.39, 0.29) is 5.92 Å². The van der Waals surface area contributed by atoms with Crippen molar-refractivity contribution in [2.45, 2.75) is 38.6 Å². The maximum atomic E-state index is 14.4. The molecule has 1 N–H and O–H groups in total. The molecule has 0 aromatic heterocycles. The van der Waals surface area contributed by atoms with Crippen molar-refractivity contribution in [2.75, 3.05) is 44.2 Å². The fourth-order valence-electron chi connectivity index (χ4n) is 3.74. The van der Waals surface area contributed by atoms with E-state index in [2.05, 4.69) is 10.2 Å². The lowest BCUT2D eigenvalue weighted by Gasteiger charge is -2.41. The summed E-state index contributed by atoms with van der Waals surface area (Å²) in [5.74, 6) is -1.37. The van der Waals surface area contributed by atoms with Gasteiger partial charge in [0.1, 0.15) is 0 Å². The van der Waals surface area contributed by atoms with Gasteiger partial charge in [-0.15, -0.1) is 0 Å². The Hall–Kier alpha value is -1.20. The van der Waals surface area contributed by atoms with Crippen LogP contribution in [0, 0.1) is 11.6 Å². The average molecular weight is 323 g/mol. The van der Waals surface area contributed by atoms with Crippen LogP contribution in [0.25, 0.3) is 0 Å². The van der Waals surface area contributed by atoms with E-state index in [0.29, 0.717) is 17.3 Å². The van der Waals surface area contributed by atoms with Gasteiger partial charge in [-0.1, -0.05) is 19.9 Å². The lowest BCUT2D eigenvalue weighted by molar-refractivity contribution is 0.153. The number of piperazine rings is 1. The van der Waals surface area contributed by atoms with Crippen LogP contribution in [0.2, 0.25) is 0 Å². The van der Waals surface area contributed by atoms with Crippen molar-refractivity contribution in [2.24, 2.45) is 0 Å². The lowest BCUT2D eigenvalue weighted by Crippen LogP contribution is -2.53. The third-order valence-corrected chi connectivity index (χ3v) is 5.19. The summed E-state index contributed by atoms with van der Waals surface area (Å²) in [4.78, 5) is 4.49. The molecule has 128 valence electrons. The summed E-state index contributed by atoms with van der Waals surface area (Å²) in [7, 11) is 0. The summed E-state index contributed by atoms with van der Waals surface area (Å²) in [6.45, 7) is 9.32. The van der Waals surface area contributed by atoms with Gasteiger partial charge in [-0.3, -0.25) is 4.90 Å². The topological polar surface area (TPSA) is 18.5 Å². The zero-order chi connectivity index (χ0) is 16.4. The molecule has 0 spiro atoms. The van der Waals surface area contributed by atoms with Crippen molar-refractivity contribution < 1.29 is 8.78 Å². The van der Waals surface area contributed by atoms with Crippen LogP contribution >= 0.6 is 0 Å². The Morgan fingerprint density at radius 3 is 2.26 bits per heavy atom. The number of halogens is 2. The second-order valence-corrected chi connectivity index (χ2v) is 6.96. The van der Waals surface area contributed by atoms with Gasteiger partial charge in [-0.05, 0) is 43.5 Å². The van der Waals surface area contributed by atoms with Crippen LogP contribution in [0.15, 0.2) is 12.1 Å². The third-order valence-electron chi connectivity index (χ3n) is 5.19. The highest BCUT2D eigenvalue weighted by molar-refractivity contribution is 5.50. The molecule has 0 atom stereocenters. The molecule has 2 fully saturated rings. The third kappa shape index (κ3) is 3.50. The van der Waals surface area contributed by atoms with Gasteiger partial charge in [0, 0.05) is 32.2 Å². The quantitative estimate of drug-likeness (QED) is 0.923. The van der Waals surface area contributed by atoms with Crippen LogP contribution in [0.5, 0.6) is 0 Å². The van der Waals surface area contributed by atoms with Crippen molar-refractivity contribution in [3.8, 4) is 0 Å². The average Bonchev–Trinajstić information content (AvgIpc) is 2.58. The molecule has 2 aliphatic heterocycles. The van der Waals surface area contributed by atoms with E-state index in [0.717, 1.165) is 39.3 Å². The van der Waals surface area contributed by atoms with Gasteiger partial charge in [-0.25, -0.2) is 8.78 Å². The number of piperidine rings is 1. The molecule has 3 rings (SSSR count). The smallest absolute Gasteiger partial charge is 0.182 e. The highest BCUT2D eigenvalue weighted by Gasteiger charge is 2.27. The van der Waals surface area contributed by atoms with Crippen LogP contribution < -0.4 is 10.2 Å². The van der Waals surface area contributed by atoms with E-state index in [1.807, 2.05) is 18.7 Å². The van der Waals surface area contributed by atoms with E-state index in [1.54, 1.807) is 12.1 Å². The molecule has 0 radical (unpaired) electrons. The Bertz CT molecular complexity index is 533. The lowest BCUT2D eigenvalue weighted by atomic mass is 10.0. The van der Waals surface area contributed by atoms with Gasteiger partial charge in [0.15, 0.2) is 11.6 Å². The summed E-state index contributed by atoms with van der Waals surface area (Å²) in [5, 5.41) is 3.39. The van der Waals surface area contributed by atoms with Crippen molar-refractivity contribution in [3.63, 3.8) is 0 Å². The second-order valence-electron chi connectivity index (χ2n) is 6.96. The molecular weight excluding hydrogens is 296 g/mol. The number of nitrogens with zero attached hydrogens (tertiary/aromatic N) is 2. The van der Waals surface area contributed by atoms with Crippen molar-refractivity contribution in [3.05, 3.63) is 29.3 Å². The molecule has 2 aliphatic rings. The molecule has 5 heteroatoms. The van der Waals surface area contributed by atoms with Gasteiger partial charge in [0.05, 0.1) is 5.69 Å². The van der Waals surface area contributed by atoms with Crippen LogP contribution in [-0.2, 0) is 0 Å². The van der Waals surface area contributed by atoms with E-state index < -0.39 is 11.6 Å². The van der Waals surface area contributed by atoms with Gasteiger partial charge < -0.3 is 10.2 Å². The van der Waals surface area contributed by atoms with Gasteiger partial charge in [-0.2, -0.15) is 0 Å². The fourth-order valence-corrected chi connectivity index (χ4v) is 3.74. The number of nitrogens with one attached hydrogen (secondary N) is 1. The summed E-state index contributed by atoms with van der Waals surface area (Å²) in [6, 6.07) is 4.12. The highest BCUT2D eigenvalue weighted by atomic mass is 19.2. The van der Waals surface area contributed by atoms with E-state index in [4.69, 9.17) is 0 Å². The van der Waals surface area contributed by atoms with E-state index in [1.165, 1.54) is 12.8 Å². The minimum Gasteiger partial charge on any atom is -0.367 e. The molecule has 0 amide bonds. The van der Waals surface area contributed by atoms with Crippen LogP contribution in [0.3, 0.4) is 0 Å². The summed E-state index contributed by atoms with van der Waals surface area (Å²) >= 11 is 0. The zero-order valence-corrected chi connectivity index (χ0v) is 14.1. The Labute approximate surface area is 137 Å². The van der Waals surface area contributed by atoms with Gasteiger partial charge in [0.2, 0.25) is 0 Å². The molecule has 1 aromatic carbocycles. The molecule has 0 saturated carbocycles. The monoisotopic (exact) mass is 323 g/mol. The maximum absolute atomic E-state index is 14.4. The van der Waals surface area contributed by atoms with Crippen molar-refractivity contribution >= 4 is 5.69 Å². The van der Waals surface area contributed by atoms with Gasteiger partial charge in [0.25, 0.3) is 0 Å². The summed E-state index contributed by atoms with van der Waals surface area (Å²) in [5.41, 5.74) is 0.872. The number of rotatable bonds is 3. The minimum absolute atomic E-state index is 0.00434. The number of hydrogen-bond acceptors (Lipinski definition) is 3. The molecule has 2 saturated heterocycles. The molecule has 2 heterocycles. The van der Waals surface area contributed by atoms with E-state index in [9.17, 15) is 8.78 Å². The Morgan fingerprint density at radius 1 is 1.00 bits per heavy atom. The molecular formula is C18H27F2N3. The Morgan fingerprint density at radius 2 is 1.65 bits per heavy atom.